The number of phenolic OH excluding ortho intramolecular Hbond substituents is 2. The normalized spacial score (nSPS) is 12.3. The molecule has 0 saturated heterocycles. The molecule has 1 atom stereocenters. The number of halogens is 1. The first-order valence-corrected chi connectivity index (χ1v) is 7.08. The number of carbonyl (C=O) groups is 1. The van der Waals surface area contributed by atoms with Gasteiger partial charge in [0.05, 0.1) is 0 Å². The number of hydrogen-bond acceptors (Lipinski definition) is 4. The van der Waals surface area contributed by atoms with Crippen molar-refractivity contribution in [3.05, 3.63) is 30.3 Å². The lowest BCUT2D eigenvalue weighted by molar-refractivity contribution is -0.133. The predicted molar refractivity (Wildman–Crippen MR) is 81.0 cm³/mol. The molecule has 0 spiro atoms. The van der Waals surface area contributed by atoms with Crippen LogP contribution in [0.5, 0.6) is 17.2 Å². The third-order valence-electron chi connectivity index (χ3n) is 2.74. The van der Waals surface area contributed by atoms with Gasteiger partial charge in [0.2, 0.25) is 0 Å². The van der Waals surface area contributed by atoms with Crippen LogP contribution in [0.2, 0.25) is 0 Å². The fourth-order valence-electron chi connectivity index (χ4n) is 1.75. The molecule has 0 saturated carbocycles. The Labute approximate surface area is 124 Å². The van der Waals surface area contributed by atoms with Crippen LogP contribution in [-0.2, 0) is 4.79 Å². The van der Waals surface area contributed by atoms with Gasteiger partial charge in [0.15, 0.2) is 0 Å². The Hall–Kier alpha value is -1.50. The molecule has 0 aromatic heterocycles. The van der Waals surface area contributed by atoms with E-state index in [9.17, 15) is 15.0 Å². The van der Waals surface area contributed by atoms with Crippen LogP contribution in [0, 0.1) is 0 Å². The number of hydrogen-bond donors (Lipinski definition) is 2. The van der Waals surface area contributed by atoms with Crippen LogP contribution < -0.4 is 4.74 Å². The molecule has 0 heterocycles. The SMILES string of the molecule is CCC(I)C(=O)Oc1cccc2c(O)cc(O)cc12. The van der Waals surface area contributed by atoms with Crippen molar-refractivity contribution in [1.29, 1.82) is 0 Å². The number of carbonyl (C=O) groups excluding carboxylic acids is 1. The number of benzene rings is 2. The molecule has 4 nitrogen and oxygen atoms in total. The Kier molecular flexibility index (Phi) is 4.14. The molecule has 19 heavy (non-hydrogen) atoms. The van der Waals surface area contributed by atoms with E-state index in [-0.39, 0.29) is 21.4 Å². The molecule has 0 fully saturated rings. The summed E-state index contributed by atoms with van der Waals surface area (Å²) in [6.07, 6.45) is 0.681. The van der Waals surface area contributed by atoms with Crippen LogP contribution in [0.3, 0.4) is 0 Å². The Morgan fingerprint density at radius 2 is 2.05 bits per heavy atom. The maximum absolute atomic E-state index is 11.8. The van der Waals surface area contributed by atoms with Crippen molar-refractivity contribution in [3.63, 3.8) is 0 Å². The van der Waals surface area contributed by atoms with Gasteiger partial charge in [-0.1, -0.05) is 41.6 Å². The lowest BCUT2D eigenvalue weighted by atomic mass is 10.1. The van der Waals surface area contributed by atoms with Gasteiger partial charge in [0, 0.05) is 16.8 Å². The molecule has 2 aromatic rings. The van der Waals surface area contributed by atoms with Crippen molar-refractivity contribution >= 4 is 39.3 Å². The van der Waals surface area contributed by atoms with E-state index in [1.807, 2.05) is 29.5 Å². The van der Waals surface area contributed by atoms with Gasteiger partial charge in [-0.05, 0) is 18.6 Å². The average Bonchev–Trinajstić information content (AvgIpc) is 2.38. The highest BCUT2D eigenvalue weighted by Crippen LogP contribution is 2.35. The van der Waals surface area contributed by atoms with Crippen molar-refractivity contribution in [2.24, 2.45) is 0 Å². The van der Waals surface area contributed by atoms with Gasteiger partial charge in [-0.25, -0.2) is 0 Å². The van der Waals surface area contributed by atoms with E-state index >= 15 is 0 Å². The standard InChI is InChI=1S/C14H13IO4/c1-2-11(15)14(18)19-13-5-3-4-9-10(13)6-8(16)7-12(9)17/h3-7,11,16-17H,2H2,1H3. The van der Waals surface area contributed by atoms with E-state index < -0.39 is 0 Å². The van der Waals surface area contributed by atoms with Crippen molar-refractivity contribution in [3.8, 4) is 17.2 Å². The second kappa shape index (κ2) is 5.64. The highest BCUT2D eigenvalue weighted by Gasteiger charge is 2.17. The molecule has 0 aliphatic rings. The molecule has 5 heteroatoms. The molecule has 0 aliphatic carbocycles. The molecule has 0 bridgehead atoms. The van der Waals surface area contributed by atoms with Crippen LogP contribution in [0.25, 0.3) is 10.8 Å². The number of phenols is 2. The Balaban J connectivity index is 2.47. The largest absolute Gasteiger partial charge is 0.508 e. The number of esters is 1. The minimum absolute atomic E-state index is 0.0468. The topological polar surface area (TPSA) is 66.8 Å². The first-order valence-electron chi connectivity index (χ1n) is 5.83. The maximum atomic E-state index is 11.8. The summed E-state index contributed by atoms with van der Waals surface area (Å²) in [5, 5.41) is 20.3. The molecule has 2 aromatic carbocycles. The summed E-state index contributed by atoms with van der Waals surface area (Å²) in [6, 6.07) is 7.74. The Morgan fingerprint density at radius 3 is 2.74 bits per heavy atom. The third-order valence-corrected chi connectivity index (χ3v) is 4.13. The van der Waals surface area contributed by atoms with Gasteiger partial charge in [-0.2, -0.15) is 0 Å². The van der Waals surface area contributed by atoms with Crippen LogP contribution in [0.1, 0.15) is 13.3 Å². The zero-order valence-electron chi connectivity index (χ0n) is 10.3. The van der Waals surface area contributed by atoms with Gasteiger partial charge in [0.1, 0.15) is 21.2 Å². The van der Waals surface area contributed by atoms with E-state index in [1.54, 1.807) is 18.2 Å². The summed E-state index contributed by atoms with van der Waals surface area (Å²) in [5.74, 6) is -0.119. The first kappa shape index (κ1) is 13.9. The van der Waals surface area contributed by atoms with E-state index in [0.717, 1.165) is 0 Å². The summed E-state index contributed by atoms with van der Waals surface area (Å²) in [7, 11) is 0. The molecule has 0 radical (unpaired) electrons. The number of rotatable bonds is 3. The van der Waals surface area contributed by atoms with E-state index in [1.165, 1.54) is 12.1 Å². The Morgan fingerprint density at radius 1 is 1.32 bits per heavy atom. The van der Waals surface area contributed by atoms with Crippen LogP contribution >= 0.6 is 22.6 Å². The van der Waals surface area contributed by atoms with Crippen molar-refractivity contribution in [2.45, 2.75) is 17.3 Å². The van der Waals surface area contributed by atoms with E-state index in [2.05, 4.69) is 0 Å². The maximum Gasteiger partial charge on any atom is 0.324 e. The van der Waals surface area contributed by atoms with Crippen molar-refractivity contribution in [2.75, 3.05) is 0 Å². The van der Waals surface area contributed by atoms with Gasteiger partial charge in [-0.3, -0.25) is 4.79 Å². The lowest BCUT2D eigenvalue weighted by Gasteiger charge is -2.11. The molecular weight excluding hydrogens is 359 g/mol. The highest BCUT2D eigenvalue weighted by atomic mass is 127. The van der Waals surface area contributed by atoms with Gasteiger partial charge < -0.3 is 14.9 Å². The lowest BCUT2D eigenvalue weighted by Crippen LogP contribution is -2.19. The zero-order chi connectivity index (χ0) is 14.0. The minimum Gasteiger partial charge on any atom is -0.508 e. The summed E-state index contributed by atoms with van der Waals surface area (Å²) in [4.78, 5) is 11.8. The molecule has 2 rings (SSSR count). The number of aromatic hydroxyl groups is 2. The summed E-state index contributed by atoms with van der Waals surface area (Å²) in [6.45, 7) is 1.90. The fourth-order valence-corrected chi connectivity index (χ4v) is 1.88. The van der Waals surface area contributed by atoms with Gasteiger partial charge >= 0.3 is 5.97 Å². The van der Waals surface area contributed by atoms with Gasteiger partial charge in [-0.15, -0.1) is 0 Å². The Bertz CT molecular complexity index is 624. The summed E-state index contributed by atoms with van der Waals surface area (Å²) < 4.78 is 5.10. The summed E-state index contributed by atoms with van der Waals surface area (Å²) >= 11 is 2.02. The highest BCUT2D eigenvalue weighted by molar-refractivity contribution is 14.1. The van der Waals surface area contributed by atoms with Crippen LogP contribution in [0.15, 0.2) is 30.3 Å². The zero-order valence-corrected chi connectivity index (χ0v) is 12.4. The second-order valence-electron chi connectivity index (χ2n) is 4.11. The van der Waals surface area contributed by atoms with Crippen LogP contribution in [0.4, 0.5) is 0 Å². The van der Waals surface area contributed by atoms with E-state index in [4.69, 9.17) is 4.74 Å². The number of ether oxygens (including phenoxy) is 1. The monoisotopic (exact) mass is 372 g/mol. The molecule has 0 amide bonds. The quantitative estimate of drug-likeness (QED) is 0.375. The van der Waals surface area contributed by atoms with Crippen molar-refractivity contribution in [1.82, 2.24) is 0 Å². The first-order chi connectivity index (χ1) is 9.02. The molecule has 2 N–H and O–H groups in total. The fraction of sp³-hybridized carbons (Fsp3) is 0.214. The summed E-state index contributed by atoms with van der Waals surface area (Å²) in [5.41, 5.74) is 0. The molecule has 100 valence electrons. The number of fused-ring (bicyclic) bond motifs is 1. The third kappa shape index (κ3) is 2.91. The second-order valence-corrected chi connectivity index (χ2v) is 5.62. The average molecular weight is 372 g/mol. The smallest absolute Gasteiger partial charge is 0.324 e. The van der Waals surface area contributed by atoms with E-state index in [0.29, 0.717) is 22.9 Å². The van der Waals surface area contributed by atoms with Gasteiger partial charge in [0.25, 0.3) is 0 Å². The molecule has 0 aliphatic heterocycles. The predicted octanol–water partition coefficient (Wildman–Crippen LogP) is 3.37. The minimum atomic E-state index is -0.335. The number of alkyl halides is 1. The van der Waals surface area contributed by atoms with Crippen molar-refractivity contribution < 1.29 is 19.7 Å². The van der Waals surface area contributed by atoms with Crippen LogP contribution in [-0.4, -0.2) is 20.1 Å². The molecule has 1 unspecified atom stereocenters. The molecular formula is C14H13IO4.